The number of fused-ring (bicyclic) bond motifs is 1. The first-order valence-corrected chi connectivity index (χ1v) is 6.25. The Morgan fingerprint density at radius 2 is 2.00 bits per heavy atom. The summed E-state index contributed by atoms with van der Waals surface area (Å²) in [5, 5.41) is 18.5. The number of hydrogen-bond donors (Lipinski definition) is 0. The highest BCUT2D eigenvalue weighted by Crippen LogP contribution is 2.25. The van der Waals surface area contributed by atoms with Gasteiger partial charge in [0.05, 0.1) is 10.4 Å². The zero-order valence-electron chi connectivity index (χ0n) is 10.4. The molecule has 104 valence electrons. The molecular formula is C13H7ClN4O3. The molecule has 0 unspecified atom stereocenters. The maximum atomic E-state index is 12.4. The molecule has 3 aromatic rings. The third-order valence-corrected chi connectivity index (χ3v) is 3.25. The zero-order valence-corrected chi connectivity index (χ0v) is 11.2. The summed E-state index contributed by atoms with van der Waals surface area (Å²) in [7, 11) is 0. The Morgan fingerprint density at radius 3 is 2.76 bits per heavy atom. The van der Waals surface area contributed by atoms with Gasteiger partial charge in [0.2, 0.25) is 0 Å². The van der Waals surface area contributed by atoms with Crippen molar-refractivity contribution in [3.63, 3.8) is 0 Å². The van der Waals surface area contributed by atoms with E-state index in [2.05, 4.69) is 10.3 Å². The fraction of sp³-hybridized carbons (Fsp3) is 0. The summed E-state index contributed by atoms with van der Waals surface area (Å²) in [6, 6.07) is 10.8. The van der Waals surface area contributed by atoms with Crippen molar-refractivity contribution in [2.24, 2.45) is 0 Å². The van der Waals surface area contributed by atoms with Crippen LogP contribution in [-0.2, 0) is 0 Å². The highest BCUT2D eigenvalue weighted by atomic mass is 35.5. The van der Waals surface area contributed by atoms with E-state index >= 15 is 0 Å². The number of aromatic nitrogens is 3. The van der Waals surface area contributed by atoms with Crippen LogP contribution in [0.3, 0.4) is 0 Å². The zero-order chi connectivity index (χ0) is 15.0. The number of hydrogen-bond acceptors (Lipinski definition) is 5. The molecule has 0 aliphatic heterocycles. The SMILES string of the molecule is O=C(c1ccc(Cl)c([N+](=O)[O-])c1)n1nnc2ccccc21. The first kappa shape index (κ1) is 13.2. The number of nitro benzene ring substituents is 1. The highest BCUT2D eigenvalue weighted by Gasteiger charge is 2.19. The molecule has 8 heteroatoms. The summed E-state index contributed by atoms with van der Waals surface area (Å²) in [5.41, 5.74) is 0.878. The molecule has 0 fully saturated rings. The topological polar surface area (TPSA) is 90.9 Å². The molecule has 0 saturated carbocycles. The van der Waals surface area contributed by atoms with Gasteiger partial charge in [-0.3, -0.25) is 14.9 Å². The van der Waals surface area contributed by atoms with Gasteiger partial charge >= 0.3 is 0 Å². The van der Waals surface area contributed by atoms with Gasteiger partial charge in [0.1, 0.15) is 10.5 Å². The van der Waals surface area contributed by atoms with Crippen LogP contribution < -0.4 is 0 Å². The third kappa shape index (κ3) is 2.23. The van der Waals surface area contributed by atoms with E-state index in [0.29, 0.717) is 11.0 Å². The van der Waals surface area contributed by atoms with Crippen LogP contribution in [0.1, 0.15) is 10.4 Å². The van der Waals surface area contributed by atoms with Gasteiger partial charge in [-0.2, -0.15) is 4.68 Å². The lowest BCUT2D eigenvalue weighted by Gasteiger charge is -2.02. The predicted octanol–water partition coefficient (Wildman–Crippen LogP) is 2.68. The van der Waals surface area contributed by atoms with Crippen molar-refractivity contribution in [1.29, 1.82) is 0 Å². The van der Waals surface area contributed by atoms with Crippen LogP contribution in [0, 0.1) is 10.1 Å². The van der Waals surface area contributed by atoms with Crippen LogP contribution in [-0.4, -0.2) is 25.8 Å². The fourth-order valence-electron chi connectivity index (χ4n) is 1.93. The van der Waals surface area contributed by atoms with Crippen molar-refractivity contribution in [2.75, 3.05) is 0 Å². The Hall–Kier alpha value is -2.80. The molecule has 0 aliphatic carbocycles. The summed E-state index contributed by atoms with van der Waals surface area (Å²) >= 11 is 5.73. The number of carbonyl (C=O) groups excluding carboxylic acids is 1. The molecule has 21 heavy (non-hydrogen) atoms. The highest BCUT2D eigenvalue weighted by molar-refractivity contribution is 6.32. The van der Waals surface area contributed by atoms with Crippen LogP contribution in [0.4, 0.5) is 5.69 Å². The van der Waals surface area contributed by atoms with E-state index in [1.54, 1.807) is 24.3 Å². The molecule has 1 aromatic heterocycles. The van der Waals surface area contributed by atoms with Crippen LogP contribution in [0.5, 0.6) is 0 Å². The average Bonchev–Trinajstić information content (AvgIpc) is 2.90. The Labute approximate surface area is 122 Å². The summed E-state index contributed by atoms with van der Waals surface area (Å²) < 4.78 is 1.10. The molecule has 0 aliphatic rings. The second-order valence-corrected chi connectivity index (χ2v) is 4.63. The number of halogens is 1. The monoisotopic (exact) mass is 302 g/mol. The summed E-state index contributed by atoms with van der Waals surface area (Å²) in [4.78, 5) is 22.6. The number of benzene rings is 2. The quantitative estimate of drug-likeness (QED) is 0.536. The van der Waals surface area contributed by atoms with Crippen molar-refractivity contribution in [1.82, 2.24) is 15.0 Å². The fourth-order valence-corrected chi connectivity index (χ4v) is 2.11. The summed E-state index contributed by atoms with van der Waals surface area (Å²) in [6.07, 6.45) is 0. The molecule has 0 atom stereocenters. The van der Waals surface area contributed by atoms with Gasteiger partial charge in [0, 0.05) is 11.6 Å². The number of nitro groups is 1. The molecule has 0 amide bonds. The molecule has 7 nitrogen and oxygen atoms in total. The van der Waals surface area contributed by atoms with Gasteiger partial charge in [0.15, 0.2) is 0 Å². The predicted molar refractivity (Wildman–Crippen MR) is 75.4 cm³/mol. The van der Waals surface area contributed by atoms with Crippen LogP contribution in [0.25, 0.3) is 11.0 Å². The van der Waals surface area contributed by atoms with Crippen molar-refractivity contribution in [3.8, 4) is 0 Å². The molecule has 0 radical (unpaired) electrons. The van der Waals surface area contributed by atoms with Gasteiger partial charge in [0.25, 0.3) is 11.6 Å². The maximum absolute atomic E-state index is 12.4. The first-order chi connectivity index (χ1) is 10.1. The van der Waals surface area contributed by atoms with E-state index in [9.17, 15) is 14.9 Å². The van der Waals surface area contributed by atoms with Crippen molar-refractivity contribution in [2.45, 2.75) is 0 Å². The minimum Gasteiger partial charge on any atom is -0.267 e. The van der Waals surface area contributed by atoms with Crippen molar-refractivity contribution >= 4 is 34.2 Å². The molecule has 3 rings (SSSR count). The van der Waals surface area contributed by atoms with E-state index < -0.39 is 10.8 Å². The van der Waals surface area contributed by atoms with E-state index in [0.717, 1.165) is 10.7 Å². The lowest BCUT2D eigenvalue weighted by atomic mass is 10.2. The van der Waals surface area contributed by atoms with Crippen molar-refractivity contribution < 1.29 is 9.72 Å². The third-order valence-electron chi connectivity index (χ3n) is 2.93. The summed E-state index contributed by atoms with van der Waals surface area (Å²) in [5.74, 6) is -0.511. The second kappa shape index (κ2) is 4.95. The Kier molecular flexibility index (Phi) is 3.11. The number of para-hydroxylation sites is 1. The minimum atomic E-state index is -0.640. The molecular weight excluding hydrogens is 296 g/mol. The standard InChI is InChI=1S/C13H7ClN4O3/c14-9-6-5-8(7-12(9)18(20)21)13(19)17-11-4-2-1-3-10(11)15-16-17/h1-7H. The molecule has 2 aromatic carbocycles. The molecule has 0 bridgehead atoms. The Bertz CT molecular complexity index is 875. The van der Waals surface area contributed by atoms with Gasteiger partial charge in [-0.25, -0.2) is 0 Å². The van der Waals surface area contributed by atoms with Crippen LogP contribution >= 0.6 is 11.6 Å². The van der Waals surface area contributed by atoms with E-state index in [1.165, 1.54) is 12.1 Å². The maximum Gasteiger partial charge on any atom is 0.288 e. The lowest BCUT2D eigenvalue weighted by Crippen LogP contribution is -2.14. The number of nitrogens with zero attached hydrogens (tertiary/aromatic N) is 4. The van der Waals surface area contributed by atoms with Crippen LogP contribution in [0.15, 0.2) is 42.5 Å². The van der Waals surface area contributed by atoms with Crippen LogP contribution in [0.2, 0.25) is 5.02 Å². The first-order valence-electron chi connectivity index (χ1n) is 5.87. The van der Waals surface area contributed by atoms with E-state index in [-0.39, 0.29) is 16.3 Å². The van der Waals surface area contributed by atoms with E-state index in [1.807, 2.05) is 0 Å². The minimum absolute atomic E-state index is 0.0278. The summed E-state index contributed by atoms with van der Waals surface area (Å²) in [6.45, 7) is 0. The molecule has 0 saturated heterocycles. The smallest absolute Gasteiger partial charge is 0.267 e. The largest absolute Gasteiger partial charge is 0.288 e. The number of rotatable bonds is 2. The van der Waals surface area contributed by atoms with Crippen molar-refractivity contribution in [3.05, 3.63) is 63.2 Å². The molecule has 1 heterocycles. The molecule has 0 N–H and O–H groups in total. The Balaban J connectivity index is 2.10. The second-order valence-electron chi connectivity index (χ2n) is 4.22. The average molecular weight is 303 g/mol. The number of carbonyl (C=O) groups is 1. The van der Waals surface area contributed by atoms with Gasteiger partial charge in [-0.1, -0.05) is 28.9 Å². The molecule has 0 spiro atoms. The van der Waals surface area contributed by atoms with Gasteiger partial charge in [-0.15, -0.1) is 5.10 Å². The Morgan fingerprint density at radius 1 is 1.24 bits per heavy atom. The van der Waals surface area contributed by atoms with Gasteiger partial charge < -0.3 is 0 Å². The van der Waals surface area contributed by atoms with Gasteiger partial charge in [-0.05, 0) is 24.3 Å². The van der Waals surface area contributed by atoms with E-state index in [4.69, 9.17) is 11.6 Å². The normalized spacial score (nSPS) is 10.7. The lowest BCUT2D eigenvalue weighted by molar-refractivity contribution is -0.384.